The van der Waals surface area contributed by atoms with Crippen LogP contribution in [0.5, 0.6) is 0 Å². The first-order valence-electron chi connectivity index (χ1n) is 5.48. The number of hydrogen-bond donors (Lipinski definition) is 2. The quantitative estimate of drug-likeness (QED) is 0.543. The van der Waals surface area contributed by atoms with Crippen LogP contribution in [-0.2, 0) is 14.3 Å². The van der Waals surface area contributed by atoms with Gasteiger partial charge in [0.15, 0.2) is 0 Å². The molecule has 1 unspecified atom stereocenters. The maximum absolute atomic E-state index is 11.5. The van der Waals surface area contributed by atoms with Gasteiger partial charge in [0.1, 0.15) is 6.04 Å². The van der Waals surface area contributed by atoms with Gasteiger partial charge in [0.05, 0.1) is 7.11 Å². The highest BCUT2D eigenvalue weighted by Gasteiger charge is 2.20. The van der Waals surface area contributed by atoms with Crippen LogP contribution in [0.3, 0.4) is 0 Å². The molecule has 0 bridgehead atoms. The summed E-state index contributed by atoms with van der Waals surface area (Å²) in [5.74, 6) is -0.761. The molecule has 19 heavy (non-hydrogen) atoms. The predicted molar refractivity (Wildman–Crippen MR) is 85.0 cm³/mol. The van der Waals surface area contributed by atoms with Crippen molar-refractivity contribution in [2.75, 3.05) is 19.0 Å². The zero-order chi connectivity index (χ0) is 14.4. The molecule has 7 heteroatoms. The fourth-order valence-corrected chi connectivity index (χ4v) is 2.30. The summed E-state index contributed by atoms with van der Waals surface area (Å²) in [6, 6.07) is 5.09. The molecule has 0 aliphatic rings. The first kappa shape index (κ1) is 16.2. The molecule has 5 nitrogen and oxygen atoms in total. The Bertz CT molecular complexity index is 482. The average Bonchev–Trinajstić information content (AvgIpc) is 2.36. The second-order valence-electron chi connectivity index (χ2n) is 3.78. The van der Waals surface area contributed by atoms with Gasteiger partial charge in [0.2, 0.25) is 5.91 Å². The molecule has 1 aromatic carbocycles. The minimum Gasteiger partial charge on any atom is -0.467 e. The van der Waals surface area contributed by atoms with Crippen molar-refractivity contribution in [3.05, 3.63) is 26.2 Å². The van der Waals surface area contributed by atoms with Gasteiger partial charge in [-0.2, -0.15) is 0 Å². The Hall–Kier alpha value is -0.830. The summed E-state index contributed by atoms with van der Waals surface area (Å²) in [5.41, 5.74) is 0.853. The Kier molecular flexibility index (Phi) is 6.56. The van der Waals surface area contributed by atoms with Gasteiger partial charge in [-0.15, -0.1) is 0 Å². The molecular weight excluding hydrogens is 427 g/mol. The fraction of sp³-hybridized carbons (Fsp3) is 0.333. The number of carbonyl (C=O) groups is 2. The van der Waals surface area contributed by atoms with Gasteiger partial charge in [-0.05, 0) is 56.7 Å². The zero-order valence-corrected chi connectivity index (χ0v) is 14.2. The highest BCUT2D eigenvalue weighted by molar-refractivity contribution is 14.1. The van der Waals surface area contributed by atoms with Crippen LogP contribution in [0.15, 0.2) is 22.7 Å². The van der Waals surface area contributed by atoms with E-state index in [-0.39, 0.29) is 12.5 Å². The molecule has 0 spiro atoms. The van der Waals surface area contributed by atoms with Gasteiger partial charge < -0.3 is 15.4 Å². The lowest BCUT2D eigenvalue weighted by Crippen LogP contribution is -2.45. The maximum Gasteiger partial charge on any atom is 0.330 e. The number of rotatable bonds is 5. The van der Waals surface area contributed by atoms with Crippen LogP contribution < -0.4 is 10.6 Å². The Labute approximate surface area is 133 Å². The monoisotopic (exact) mass is 440 g/mol. The van der Waals surface area contributed by atoms with Gasteiger partial charge >= 0.3 is 5.97 Å². The van der Waals surface area contributed by atoms with Crippen molar-refractivity contribution in [3.8, 4) is 0 Å². The molecule has 1 aromatic rings. The number of esters is 1. The third kappa shape index (κ3) is 5.35. The van der Waals surface area contributed by atoms with Gasteiger partial charge in [-0.25, -0.2) is 4.79 Å². The Morgan fingerprint density at radius 1 is 1.47 bits per heavy atom. The maximum atomic E-state index is 11.5. The first-order chi connectivity index (χ1) is 8.93. The van der Waals surface area contributed by atoms with Crippen molar-refractivity contribution < 1.29 is 14.3 Å². The van der Waals surface area contributed by atoms with Crippen molar-refractivity contribution in [1.29, 1.82) is 0 Å². The van der Waals surface area contributed by atoms with E-state index in [2.05, 4.69) is 53.9 Å². The highest BCUT2D eigenvalue weighted by Crippen LogP contribution is 2.24. The van der Waals surface area contributed by atoms with Crippen LogP contribution in [0.25, 0.3) is 0 Å². The van der Waals surface area contributed by atoms with E-state index >= 15 is 0 Å². The van der Waals surface area contributed by atoms with E-state index in [1.165, 1.54) is 14.0 Å². The molecule has 0 fully saturated rings. The zero-order valence-electron chi connectivity index (χ0n) is 10.5. The van der Waals surface area contributed by atoms with Crippen LogP contribution in [0.2, 0.25) is 0 Å². The van der Waals surface area contributed by atoms with Gasteiger partial charge in [0, 0.05) is 27.2 Å². The molecule has 0 aromatic heterocycles. The van der Waals surface area contributed by atoms with Crippen LogP contribution in [0, 0.1) is 3.57 Å². The van der Waals surface area contributed by atoms with E-state index in [4.69, 9.17) is 0 Å². The number of ether oxygens (including phenoxy) is 1. The summed E-state index contributed by atoms with van der Waals surface area (Å²) in [5, 5.41) is 5.65. The van der Waals surface area contributed by atoms with Crippen molar-refractivity contribution in [2.24, 2.45) is 0 Å². The van der Waals surface area contributed by atoms with E-state index in [0.29, 0.717) is 0 Å². The molecule has 0 saturated carbocycles. The van der Waals surface area contributed by atoms with E-state index in [1.807, 2.05) is 18.2 Å². The number of nitrogens with one attached hydrogen (secondary N) is 2. The van der Waals surface area contributed by atoms with Crippen molar-refractivity contribution >= 4 is 56.1 Å². The van der Waals surface area contributed by atoms with Crippen LogP contribution in [-0.4, -0.2) is 31.6 Å². The normalized spacial score (nSPS) is 11.6. The molecule has 1 atom stereocenters. The lowest BCUT2D eigenvalue weighted by molar-refractivity contribution is -0.144. The second-order valence-corrected chi connectivity index (χ2v) is 5.88. The lowest BCUT2D eigenvalue weighted by atomic mass is 10.2. The summed E-state index contributed by atoms with van der Waals surface area (Å²) in [6.45, 7) is 1.61. The van der Waals surface area contributed by atoms with Gasteiger partial charge in [-0.1, -0.05) is 0 Å². The number of hydrogen-bond acceptors (Lipinski definition) is 4. The Morgan fingerprint density at radius 2 is 2.16 bits per heavy atom. The molecule has 0 heterocycles. The summed E-state index contributed by atoms with van der Waals surface area (Å²) >= 11 is 5.61. The molecule has 1 rings (SSSR count). The summed E-state index contributed by atoms with van der Waals surface area (Å²) in [6.07, 6.45) is 0. The topological polar surface area (TPSA) is 67.4 Å². The minimum absolute atomic E-state index is 0.255. The average molecular weight is 441 g/mol. The molecule has 0 aliphatic carbocycles. The summed E-state index contributed by atoms with van der Waals surface area (Å²) in [7, 11) is 1.29. The molecule has 0 aliphatic heterocycles. The standard InChI is InChI=1S/C12H14BrIN2O3/c1-7(17)16-11(12(18)19-2)6-15-10-5-8(14)3-4-9(10)13/h3-5,11,15H,6H2,1-2H3,(H,16,17). The SMILES string of the molecule is COC(=O)C(CNc1cc(I)ccc1Br)NC(C)=O. The fourth-order valence-electron chi connectivity index (χ4n) is 1.43. The number of methoxy groups -OCH3 is 1. The molecule has 1 amide bonds. The van der Waals surface area contributed by atoms with Gasteiger partial charge in [-0.3, -0.25) is 4.79 Å². The Morgan fingerprint density at radius 3 is 2.74 bits per heavy atom. The van der Waals surface area contributed by atoms with Crippen LogP contribution in [0.1, 0.15) is 6.92 Å². The van der Waals surface area contributed by atoms with E-state index < -0.39 is 12.0 Å². The molecule has 2 N–H and O–H groups in total. The first-order valence-corrected chi connectivity index (χ1v) is 7.35. The van der Waals surface area contributed by atoms with E-state index in [9.17, 15) is 9.59 Å². The predicted octanol–water partition coefficient (Wildman–Crippen LogP) is 2.14. The van der Waals surface area contributed by atoms with Gasteiger partial charge in [0.25, 0.3) is 0 Å². The van der Waals surface area contributed by atoms with E-state index in [0.717, 1.165) is 13.7 Å². The third-order valence-electron chi connectivity index (χ3n) is 2.29. The van der Waals surface area contributed by atoms with Crippen LogP contribution in [0.4, 0.5) is 5.69 Å². The number of amides is 1. The Balaban J connectivity index is 2.72. The lowest BCUT2D eigenvalue weighted by Gasteiger charge is -2.17. The summed E-state index contributed by atoms with van der Waals surface area (Å²) in [4.78, 5) is 22.6. The number of carbonyl (C=O) groups excluding carboxylic acids is 2. The van der Waals surface area contributed by atoms with Crippen molar-refractivity contribution in [3.63, 3.8) is 0 Å². The molecular formula is C12H14BrIN2O3. The smallest absolute Gasteiger partial charge is 0.330 e. The second kappa shape index (κ2) is 7.68. The minimum atomic E-state index is -0.715. The number of benzene rings is 1. The number of anilines is 1. The largest absolute Gasteiger partial charge is 0.467 e. The van der Waals surface area contributed by atoms with Crippen LogP contribution >= 0.6 is 38.5 Å². The summed E-state index contributed by atoms with van der Waals surface area (Å²) < 4.78 is 6.60. The molecule has 0 saturated heterocycles. The third-order valence-corrected chi connectivity index (χ3v) is 3.65. The van der Waals surface area contributed by atoms with Crippen molar-refractivity contribution in [2.45, 2.75) is 13.0 Å². The molecule has 104 valence electrons. The van der Waals surface area contributed by atoms with Crippen molar-refractivity contribution in [1.82, 2.24) is 5.32 Å². The molecule has 0 radical (unpaired) electrons. The van der Waals surface area contributed by atoms with E-state index in [1.54, 1.807) is 0 Å². The number of halogens is 2. The highest BCUT2D eigenvalue weighted by atomic mass is 127.